The number of rotatable bonds is 6. The summed E-state index contributed by atoms with van der Waals surface area (Å²) in [5, 5.41) is 3.32. The van der Waals surface area contributed by atoms with Crippen LogP contribution in [0.5, 0.6) is 5.75 Å². The Balaban J connectivity index is 1.96. The van der Waals surface area contributed by atoms with E-state index in [0.29, 0.717) is 18.2 Å². The second kappa shape index (κ2) is 7.44. The van der Waals surface area contributed by atoms with Crippen LogP contribution < -0.4 is 10.1 Å². The van der Waals surface area contributed by atoms with Crippen LogP contribution in [0.4, 0.5) is 4.39 Å². The Labute approximate surface area is 121 Å². The normalized spacial score (nSPS) is 18.5. The third-order valence-corrected chi connectivity index (χ3v) is 3.31. The van der Waals surface area contributed by atoms with Gasteiger partial charge < -0.3 is 10.1 Å². The lowest BCUT2D eigenvalue weighted by molar-refractivity contribution is 0.229. The largest absolute Gasteiger partial charge is 0.486 e. The second-order valence-corrected chi connectivity index (χ2v) is 5.84. The highest BCUT2D eigenvalue weighted by Gasteiger charge is 2.11. The average molecular weight is 277 g/mol. The first-order chi connectivity index (χ1) is 9.63. The molecule has 20 heavy (non-hydrogen) atoms. The van der Waals surface area contributed by atoms with Crippen molar-refractivity contribution in [2.75, 3.05) is 6.54 Å². The maximum Gasteiger partial charge on any atom is 0.127 e. The van der Waals surface area contributed by atoms with Crippen LogP contribution in [0, 0.1) is 11.7 Å². The Morgan fingerprint density at radius 1 is 1.35 bits per heavy atom. The summed E-state index contributed by atoms with van der Waals surface area (Å²) in [4.78, 5) is 0. The van der Waals surface area contributed by atoms with E-state index in [0.717, 1.165) is 31.4 Å². The minimum atomic E-state index is -0.233. The average Bonchev–Trinajstić information content (AvgIpc) is 2.38. The van der Waals surface area contributed by atoms with E-state index < -0.39 is 0 Å². The van der Waals surface area contributed by atoms with Gasteiger partial charge in [0.15, 0.2) is 0 Å². The standard InChI is InChI=1S/C17H24FNO/c1-13(2)11-19-12-14-8-15(18)10-17(9-14)20-16-6-4-3-5-7-16/h4,6,8-10,13,16,19H,3,5,7,11-12H2,1-2H3. The lowest BCUT2D eigenvalue weighted by atomic mass is 10.1. The van der Waals surface area contributed by atoms with Gasteiger partial charge >= 0.3 is 0 Å². The highest BCUT2D eigenvalue weighted by molar-refractivity contribution is 5.30. The van der Waals surface area contributed by atoms with Crippen molar-refractivity contribution in [1.29, 1.82) is 0 Å². The quantitative estimate of drug-likeness (QED) is 0.792. The Hall–Kier alpha value is -1.35. The molecular weight excluding hydrogens is 253 g/mol. The van der Waals surface area contributed by atoms with Gasteiger partial charge in [0.2, 0.25) is 0 Å². The van der Waals surface area contributed by atoms with E-state index in [1.807, 2.05) is 6.07 Å². The second-order valence-electron chi connectivity index (χ2n) is 5.84. The first-order valence-electron chi connectivity index (χ1n) is 7.47. The Morgan fingerprint density at radius 3 is 2.90 bits per heavy atom. The van der Waals surface area contributed by atoms with Crippen molar-refractivity contribution in [3.63, 3.8) is 0 Å². The molecule has 1 aromatic carbocycles. The molecule has 0 aromatic heterocycles. The van der Waals surface area contributed by atoms with Crippen molar-refractivity contribution < 1.29 is 9.13 Å². The maximum atomic E-state index is 13.6. The van der Waals surface area contributed by atoms with Gasteiger partial charge in [-0.1, -0.05) is 19.9 Å². The van der Waals surface area contributed by atoms with Crippen molar-refractivity contribution >= 4 is 0 Å². The molecule has 3 heteroatoms. The van der Waals surface area contributed by atoms with Gasteiger partial charge in [0.25, 0.3) is 0 Å². The maximum absolute atomic E-state index is 13.6. The number of nitrogens with one attached hydrogen (secondary N) is 1. The van der Waals surface area contributed by atoms with Gasteiger partial charge in [-0.25, -0.2) is 4.39 Å². The summed E-state index contributed by atoms with van der Waals surface area (Å²) in [5.74, 6) is 0.984. The molecule has 1 N–H and O–H groups in total. The molecule has 0 bridgehead atoms. The molecule has 0 saturated heterocycles. The molecule has 110 valence electrons. The summed E-state index contributed by atoms with van der Waals surface area (Å²) < 4.78 is 19.5. The van der Waals surface area contributed by atoms with Gasteiger partial charge in [-0.2, -0.15) is 0 Å². The van der Waals surface area contributed by atoms with E-state index in [-0.39, 0.29) is 11.9 Å². The third-order valence-electron chi connectivity index (χ3n) is 3.31. The fourth-order valence-corrected chi connectivity index (χ4v) is 2.35. The fourth-order valence-electron chi connectivity index (χ4n) is 2.35. The van der Waals surface area contributed by atoms with Crippen LogP contribution in [-0.2, 0) is 6.54 Å². The van der Waals surface area contributed by atoms with Crippen molar-refractivity contribution in [2.24, 2.45) is 5.92 Å². The van der Waals surface area contributed by atoms with E-state index in [4.69, 9.17) is 4.74 Å². The molecular formula is C17H24FNO. The monoisotopic (exact) mass is 277 g/mol. The number of hydrogen-bond acceptors (Lipinski definition) is 2. The molecule has 0 radical (unpaired) electrons. The topological polar surface area (TPSA) is 21.3 Å². The first kappa shape index (κ1) is 15.0. The Morgan fingerprint density at radius 2 is 2.20 bits per heavy atom. The highest BCUT2D eigenvalue weighted by atomic mass is 19.1. The molecule has 0 aliphatic heterocycles. The van der Waals surface area contributed by atoms with Crippen LogP contribution in [0.3, 0.4) is 0 Å². The molecule has 1 aliphatic carbocycles. The fraction of sp³-hybridized carbons (Fsp3) is 0.529. The van der Waals surface area contributed by atoms with Gasteiger partial charge in [-0.3, -0.25) is 0 Å². The highest BCUT2D eigenvalue weighted by Crippen LogP contribution is 2.21. The lowest BCUT2D eigenvalue weighted by Gasteiger charge is -2.19. The molecule has 0 spiro atoms. The van der Waals surface area contributed by atoms with Gasteiger partial charge in [0.05, 0.1) is 0 Å². The zero-order valence-corrected chi connectivity index (χ0v) is 12.4. The minimum absolute atomic E-state index is 0.0852. The number of ether oxygens (including phenoxy) is 1. The Kier molecular flexibility index (Phi) is 5.60. The summed E-state index contributed by atoms with van der Waals surface area (Å²) in [7, 11) is 0. The molecule has 2 rings (SSSR count). The molecule has 0 amide bonds. The van der Waals surface area contributed by atoms with Crippen LogP contribution in [0.2, 0.25) is 0 Å². The molecule has 2 nitrogen and oxygen atoms in total. The van der Waals surface area contributed by atoms with Crippen molar-refractivity contribution in [2.45, 2.75) is 45.8 Å². The molecule has 1 atom stereocenters. The van der Waals surface area contributed by atoms with Crippen molar-refractivity contribution in [1.82, 2.24) is 5.32 Å². The first-order valence-corrected chi connectivity index (χ1v) is 7.47. The van der Waals surface area contributed by atoms with E-state index in [1.165, 1.54) is 6.07 Å². The van der Waals surface area contributed by atoms with Crippen LogP contribution in [-0.4, -0.2) is 12.6 Å². The van der Waals surface area contributed by atoms with Gasteiger partial charge in [0, 0.05) is 12.6 Å². The summed E-state index contributed by atoms with van der Waals surface area (Å²) in [6.07, 6.45) is 7.56. The molecule has 0 fully saturated rings. The van der Waals surface area contributed by atoms with Crippen LogP contribution in [0.1, 0.15) is 38.7 Å². The van der Waals surface area contributed by atoms with E-state index in [1.54, 1.807) is 6.07 Å². The molecule has 0 heterocycles. The molecule has 0 saturated carbocycles. The number of benzene rings is 1. The summed E-state index contributed by atoms with van der Waals surface area (Å²) >= 11 is 0. The predicted octanol–water partition coefficient (Wildman–Crippen LogP) is 4.06. The number of halogens is 1. The molecule has 1 aliphatic rings. The number of hydrogen-bond donors (Lipinski definition) is 1. The van der Waals surface area contributed by atoms with Crippen LogP contribution >= 0.6 is 0 Å². The van der Waals surface area contributed by atoms with Gasteiger partial charge in [-0.05, 0) is 55.5 Å². The van der Waals surface area contributed by atoms with Crippen LogP contribution in [0.25, 0.3) is 0 Å². The van der Waals surface area contributed by atoms with Crippen molar-refractivity contribution in [3.05, 3.63) is 41.7 Å². The third kappa shape index (κ3) is 4.97. The summed E-state index contributed by atoms with van der Waals surface area (Å²) in [5.41, 5.74) is 0.931. The zero-order chi connectivity index (χ0) is 14.4. The molecule has 1 unspecified atom stereocenters. The summed E-state index contributed by atoms with van der Waals surface area (Å²) in [6, 6.07) is 4.96. The van der Waals surface area contributed by atoms with E-state index in [2.05, 4.69) is 31.3 Å². The van der Waals surface area contributed by atoms with E-state index >= 15 is 0 Å². The smallest absolute Gasteiger partial charge is 0.127 e. The van der Waals surface area contributed by atoms with E-state index in [9.17, 15) is 4.39 Å². The van der Waals surface area contributed by atoms with Crippen molar-refractivity contribution in [3.8, 4) is 5.75 Å². The Bertz CT molecular complexity index is 456. The van der Waals surface area contributed by atoms with Gasteiger partial charge in [0.1, 0.15) is 17.7 Å². The number of allylic oxidation sites excluding steroid dienone is 1. The predicted molar refractivity (Wildman–Crippen MR) is 80.4 cm³/mol. The SMILES string of the molecule is CC(C)CNCc1cc(F)cc(OC2C=CCCC2)c1. The van der Waals surface area contributed by atoms with Gasteiger partial charge in [-0.15, -0.1) is 0 Å². The van der Waals surface area contributed by atoms with Crippen LogP contribution in [0.15, 0.2) is 30.4 Å². The lowest BCUT2D eigenvalue weighted by Crippen LogP contribution is -2.19. The minimum Gasteiger partial charge on any atom is -0.486 e. The molecule has 1 aromatic rings. The zero-order valence-electron chi connectivity index (χ0n) is 12.4. The summed E-state index contributed by atoms with van der Waals surface area (Å²) in [6.45, 7) is 5.91.